The van der Waals surface area contributed by atoms with Crippen LogP contribution in [0.2, 0.25) is 0 Å². The van der Waals surface area contributed by atoms with Gasteiger partial charge in [-0.05, 0) is 34.5 Å². The Morgan fingerprint density at radius 2 is 2.14 bits per heavy atom. The molecular weight excluding hydrogens is 292 g/mol. The van der Waals surface area contributed by atoms with Crippen molar-refractivity contribution >= 4 is 17.6 Å². The number of aryl methyl sites for hydroxylation is 1. The third-order valence-electron chi connectivity index (χ3n) is 3.35. The average molecular weight is 308 g/mol. The Morgan fingerprint density at radius 1 is 1.43 bits per heavy atom. The van der Waals surface area contributed by atoms with Crippen LogP contribution in [-0.2, 0) is 7.05 Å². The Kier molecular flexibility index (Phi) is 3.44. The van der Waals surface area contributed by atoms with Gasteiger partial charge in [-0.3, -0.25) is 0 Å². The van der Waals surface area contributed by atoms with Crippen LogP contribution in [0.15, 0.2) is 16.5 Å². The van der Waals surface area contributed by atoms with Gasteiger partial charge in [-0.15, -0.1) is 10.2 Å². The summed E-state index contributed by atoms with van der Waals surface area (Å²) in [6.07, 6.45) is 3.67. The van der Waals surface area contributed by atoms with Gasteiger partial charge in [0.15, 0.2) is 10.2 Å². The second-order valence-electron chi connectivity index (χ2n) is 5.44. The first-order valence-corrected chi connectivity index (χ1v) is 7.59. The summed E-state index contributed by atoms with van der Waals surface area (Å²) in [4.78, 5) is 14.4. The van der Waals surface area contributed by atoms with E-state index in [2.05, 4.69) is 33.6 Å². The lowest BCUT2D eigenvalue weighted by atomic mass is 10.2. The van der Waals surface area contributed by atoms with Gasteiger partial charge in [0.25, 0.3) is 0 Å². The quantitative estimate of drug-likeness (QED) is 0.622. The molecule has 2 aromatic rings. The molecule has 0 aliphatic heterocycles. The molecular formula is C12H16N6O2S. The molecule has 1 aliphatic carbocycles. The van der Waals surface area contributed by atoms with Crippen LogP contribution >= 0.6 is 11.8 Å². The molecule has 21 heavy (non-hydrogen) atoms. The van der Waals surface area contributed by atoms with Crippen molar-refractivity contribution < 1.29 is 4.92 Å². The first-order chi connectivity index (χ1) is 9.99. The predicted molar refractivity (Wildman–Crippen MR) is 76.4 cm³/mol. The Hall–Kier alpha value is -1.90. The van der Waals surface area contributed by atoms with Gasteiger partial charge in [-0.1, -0.05) is 13.8 Å². The molecule has 1 saturated carbocycles. The second kappa shape index (κ2) is 5.14. The van der Waals surface area contributed by atoms with Crippen molar-refractivity contribution in [3.8, 4) is 0 Å². The van der Waals surface area contributed by atoms with Crippen LogP contribution in [0.5, 0.6) is 0 Å². The minimum Gasteiger partial charge on any atom is -0.358 e. The maximum Gasteiger partial charge on any atom is 0.396 e. The average Bonchev–Trinajstić information content (AvgIpc) is 3.06. The number of hydrogen-bond donors (Lipinski definition) is 0. The fourth-order valence-corrected chi connectivity index (χ4v) is 3.17. The van der Waals surface area contributed by atoms with E-state index >= 15 is 0 Å². The summed E-state index contributed by atoms with van der Waals surface area (Å²) in [6, 6.07) is 0.423. The van der Waals surface area contributed by atoms with Gasteiger partial charge in [0.05, 0.1) is 0 Å². The van der Waals surface area contributed by atoms with E-state index in [0.717, 1.165) is 18.7 Å². The zero-order chi connectivity index (χ0) is 15.1. The molecule has 8 nitrogen and oxygen atoms in total. The molecule has 1 fully saturated rings. The van der Waals surface area contributed by atoms with Gasteiger partial charge >= 0.3 is 5.82 Å². The highest BCUT2D eigenvalue weighted by atomic mass is 32.2. The summed E-state index contributed by atoms with van der Waals surface area (Å²) in [7, 11) is 1.74. The van der Waals surface area contributed by atoms with E-state index in [-0.39, 0.29) is 11.7 Å². The Bertz CT molecular complexity index is 688. The van der Waals surface area contributed by atoms with Crippen LogP contribution in [-0.4, -0.2) is 29.2 Å². The SMILES string of the molecule is CC(C)c1nnc(Sc2c([N+](=O)[O-])ncn2C)n1C1CC1. The molecule has 2 heterocycles. The van der Waals surface area contributed by atoms with Crippen LogP contribution in [0.1, 0.15) is 44.5 Å². The highest BCUT2D eigenvalue weighted by Crippen LogP contribution is 2.42. The third-order valence-corrected chi connectivity index (χ3v) is 4.47. The molecule has 0 atom stereocenters. The Balaban J connectivity index is 1.99. The highest BCUT2D eigenvalue weighted by molar-refractivity contribution is 7.99. The lowest BCUT2D eigenvalue weighted by molar-refractivity contribution is -0.392. The second-order valence-corrected chi connectivity index (χ2v) is 6.40. The molecule has 0 bridgehead atoms. The molecule has 3 rings (SSSR count). The fraction of sp³-hybridized carbons (Fsp3) is 0.583. The zero-order valence-corrected chi connectivity index (χ0v) is 12.9. The van der Waals surface area contributed by atoms with Gasteiger partial charge in [-0.25, -0.2) is 0 Å². The van der Waals surface area contributed by atoms with Crippen molar-refractivity contribution in [1.29, 1.82) is 0 Å². The van der Waals surface area contributed by atoms with Crippen molar-refractivity contribution in [1.82, 2.24) is 24.3 Å². The largest absolute Gasteiger partial charge is 0.396 e. The molecule has 0 saturated heterocycles. The van der Waals surface area contributed by atoms with Gasteiger partial charge < -0.3 is 19.2 Å². The number of nitro groups is 1. The van der Waals surface area contributed by atoms with Gasteiger partial charge in [0.2, 0.25) is 6.33 Å². The molecule has 9 heteroatoms. The topological polar surface area (TPSA) is 91.7 Å². The van der Waals surface area contributed by atoms with Crippen molar-refractivity contribution in [3.05, 3.63) is 22.3 Å². The smallest absolute Gasteiger partial charge is 0.358 e. The van der Waals surface area contributed by atoms with Crippen molar-refractivity contribution in [2.75, 3.05) is 0 Å². The van der Waals surface area contributed by atoms with Crippen LogP contribution < -0.4 is 0 Å². The lowest BCUT2D eigenvalue weighted by Crippen LogP contribution is -2.05. The predicted octanol–water partition coefficient (Wildman–Crippen LogP) is 2.53. The normalized spacial score (nSPS) is 14.9. The van der Waals surface area contributed by atoms with Crippen LogP contribution in [0.4, 0.5) is 5.82 Å². The lowest BCUT2D eigenvalue weighted by Gasteiger charge is -2.10. The number of aromatic nitrogens is 5. The summed E-state index contributed by atoms with van der Waals surface area (Å²) in [5.74, 6) is 1.07. The Morgan fingerprint density at radius 3 is 2.71 bits per heavy atom. The standard InChI is InChI=1S/C12H16N6O2S/c1-7(2)9-14-15-12(17(9)8-4-5-8)21-11-10(18(19)20)13-6-16(11)3/h6-8H,4-5H2,1-3H3. The van der Waals surface area contributed by atoms with E-state index in [4.69, 9.17) is 0 Å². The van der Waals surface area contributed by atoms with E-state index in [1.807, 2.05) is 0 Å². The number of rotatable bonds is 5. The van der Waals surface area contributed by atoms with E-state index in [9.17, 15) is 10.1 Å². The van der Waals surface area contributed by atoms with Crippen LogP contribution in [0, 0.1) is 10.1 Å². The van der Waals surface area contributed by atoms with E-state index in [0.29, 0.717) is 16.2 Å². The minimum atomic E-state index is -0.469. The third kappa shape index (κ3) is 2.53. The first kappa shape index (κ1) is 14.1. The fourth-order valence-electron chi connectivity index (χ4n) is 2.16. The van der Waals surface area contributed by atoms with Gasteiger partial charge in [0, 0.05) is 19.0 Å². The van der Waals surface area contributed by atoms with Crippen LogP contribution in [0.3, 0.4) is 0 Å². The molecule has 0 radical (unpaired) electrons. The van der Waals surface area contributed by atoms with Crippen molar-refractivity contribution in [2.45, 2.75) is 48.8 Å². The van der Waals surface area contributed by atoms with Crippen LogP contribution in [0.25, 0.3) is 0 Å². The van der Waals surface area contributed by atoms with E-state index in [1.165, 1.54) is 18.1 Å². The van der Waals surface area contributed by atoms with E-state index in [1.54, 1.807) is 11.6 Å². The molecule has 0 aromatic carbocycles. The maximum absolute atomic E-state index is 11.0. The zero-order valence-electron chi connectivity index (χ0n) is 12.1. The molecule has 0 unspecified atom stereocenters. The minimum absolute atomic E-state index is 0.140. The summed E-state index contributed by atoms with van der Waals surface area (Å²) in [6.45, 7) is 4.15. The number of nitrogens with zero attached hydrogens (tertiary/aromatic N) is 6. The summed E-state index contributed by atoms with van der Waals surface area (Å²) in [5, 5.41) is 20.7. The summed E-state index contributed by atoms with van der Waals surface area (Å²) >= 11 is 1.26. The summed E-state index contributed by atoms with van der Waals surface area (Å²) < 4.78 is 3.76. The maximum atomic E-state index is 11.0. The van der Waals surface area contributed by atoms with E-state index < -0.39 is 4.92 Å². The van der Waals surface area contributed by atoms with Crippen molar-refractivity contribution in [3.63, 3.8) is 0 Å². The molecule has 2 aromatic heterocycles. The molecule has 112 valence electrons. The molecule has 1 aliphatic rings. The number of imidazole rings is 1. The number of hydrogen-bond acceptors (Lipinski definition) is 6. The van der Waals surface area contributed by atoms with Crippen molar-refractivity contribution in [2.24, 2.45) is 7.05 Å². The highest BCUT2D eigenvalue weighted by Gasteiger charge is 2.32. The molecule has 0 N–H and O–H groups in total. The summed E-state index contributed by atoms with van der Waals surface area (Å²) in [5.41, 5.74) is 0. The monoisotopic (exact) mass is 308 g/mol. The molecule has 0 amide bonds. The van der Waals surface area contributed by atoms with Gasteiger partial charge in [0.1, 0.15) is 5.82 Å². The van der Waals surface area contributed by atoms with Gasteiger partial charge in [-0.2, -0.15) is 0 Å². The first-order valence-electron chi connectivity index (χ1n) is 6.77. The molecule has 0 spiro atoms. The Labute approximate surface area is 125 Å².